The van der Waals surface area contributed by atoms with Crippen molar-refractivity contribution in [1.82, 2.24) is 0 Å². The molecule has 0 heterocycles. The summed E-state index contributed by atoms with van der Waals surface area (Å²) in [5.41, 5.74) is 0. The SMILES string of the molecule is C#[N+]C(CCC#N)C(=O)O. The topological polar surface area (TPSA) is 65.5 Å². The van der Waals surface area contributed by atoms with E-state index in [1.54, 1.807) is 0 Å². The van der Waals surface area contributed by atoms with Crippen LogP contribution in [-0.4, -0.2) is 17.1 Å². The number of aliphatic carboxylic acids is 1. The molecule has 4 heteroatoms. The van der Waals surface area contributed by atoms with Gasteiger partial charge in [-0.1, -0.05) is 4.85 Å². The summed E-state index contributed by atoms with van der Waals surface area (Å²) in [4.78, 5) is 13.2. The Hall–Kier alpha value is -1.55. The van der Waals surface area contributed by atoms with Crippen molar-refractivity contribution in [2.75, 3.05) is 0 Å². The molecule has 1 N–H and O–H groups in total. The van der Waals surface area contributed by atoms with E-state index in [0.29, 0.717) is 0 Å². The van der Waals surface area contributed by atoms with E-state index in [1.807, 2.05) is 6.07 Å². The maximum atomic E-state index is 10.2. The molecule has 10 heavy (non-hydrogen) atoms. The van der Waals surface area contributed by atoms with E-state index >= 15 is 0 Å². The first kappa shape index (κ1) is 8.45. The second-order valence-electron chi connectivity index (χ2n) is 1.70. The van der Waals surface area contributed by atoms with Gasteiger partial charge in [-0.2, -0.15) is 5.26 Å². The van der Waals surface area contributed by atoms with Crippen LogP contribution >= 0.6 is 0 Å². The number of hydrogen-bond acceptors (Lipinski definition) is 2. The van der Waals surface area contributed by atoms with Crippen LogP contribution in [0.5, 0.6) is 0 Å². The molecule has 0 aromatic heterocycles. The molecule has 1 atom stereocenters. The van der Waals surface area contributed by atoms with E-state index < -0.39 is 12.0 Å². The summed E-state index contributed by atoms with van der Waals surface area (Å²) in [6.07, 6.45) is 0.347. The number of carboxylic acid groups (broad SMARTS) is 1. The predicted molar refractivity (Wildman–Crippen MR) is 34.6 cm³/mol. The van der Waals surface area contributed by atoms with Crippen molar-refractivity contribution in [3.8, 4) is 12.6 Å². The smallest absolute Gasteiger partial charge is 0.392 e. The van der Waals surface area contributed by atoms with Gasteiger partial charge in [-0.15, -0.1) is 0 Å². The minimum absolute atomic E-state index is 0.164. The van der Waals surface area contributed by atoms with Crippen LogP contribution in [0.25, 0.3) is 4.85 Å². The number of nitriles is 1. The molecule has 0 saturated heterocycles. The van der Waals surface area contributed by atoms with E-state index in [9.17, 15) is 4.79 Å². The highest BCUT2D eigenvalue weighted by Gasteiger charge is 2.24. The first-order valence-electron chi connectivity index (χ1n) is 2.72. The van der Waals surface area contributed by atoms with Gasteiger partial charge in [0.2, 0.25) is 0 Å². The molecular weight excluding hydrogens is 132 g/mol. The molecule has 0 saturated carbocycles. The van der Waals surface area contributed by atoms with Gasteiger partial charge in [0.15, 0.2) is 0 Å². The molecule has 0 aliphatic carbocycles. The molecule has 0 aromatic carbocycles. The number of carbonyl (C=O) groups is 1. The summed E-state index contributed by atoms with van der Waals surface area (Å²) in [5.74, 6) is -1.09. The Morgan fingerprint density at radius 3 is 2.80 bits per heavy atom. The van der Waals surface area contributed by atoms with Crippen molar-refractivity contribution in [1.29, 1.82) is 5.26 Å². The Morgan fingerprint density at radius 2 is 2.50 bits per heavy atom. The molecule has 0 aliphatic heterocycles. The molecule has 0 spiro atoms. The van der Waals surface area contributed by atoms with E-state index in [2.05, 4.69) is 4.85 Å². The Bertz CT molecular complexity index is 199. The second-order valence-corrected chi connectivity index (χ2v) is 1.70. The van der Waals surface area contributed by atoms with Crippen molar-refractivity contribution < 1.29 is 9.90 Å². The third kappa shape index (κ3) is 2.68. The van der Waals surface area contributed by atoms with Gasteiger partial charge in [-0.05, 0) is 0 Å². The van der Waals surface area contributed by atoms with Gasteiger partial charge in [0, 0.05) is 6.42 Å². The number of carboxylic acids is 1. The summed E-state index contributed by atoms with van der Waals surface area (Å²) in [6.45, 7) is 4.75. The van der Waals surface area contributed by atoms with Crippen molar-refractivity contribution in [2.45, 2.75) is 18.9 Å². The molecule has 1 unspecified atom stereocenters. The quantitative estimate of drug-likeness (QED) is 0.626. The van der Waals surface area contributed by atoms with Gasteiger partial charge in [0.05, 0.1) is 12.5 Å². The van der Waals surface area contributed by atoms with E-state index in [4.69, 9.17) is 16.9 Å². The molecule has 4 nitrogen and oxygen atoms in total. The van der Waals surface area contributed by atoms with Crippen molar-refractivity contribution in [2.24, 2.45) is 0 Å². The zero-order chi connectivity index (χ0) is 7.98. The Kier molecular flexibility index (Phi) is 3.67. The van der Waals surface area contributed by atoms with Gasteiger partial charge >= 0.3 is 12.0 Å². The van der Waals surface area contributed by atoms with Gasteiger partial charge in [-0.3, -0.25) is 0 Å². The van der Waals surface area contributed by atoms with Gasteiger partial charge in [0.25, 0.3) is 6.57 Å². The summed E-state index contributed by atoms with van der Waals surface area (Å²) in [5, 5.41) is 16.4. The van der Waals surface area contributed by atoms with Crippen molar-refractivity contribution >= 4 is 5.97 Å². The predicted octanol–water partition coefficient (Wildman–Crippen LogP) is 0.706. The van der Waals surface area contributed by atoms with Gasteiger partial charge in [0.1, 0.15) is 0 Å². The number of nitrogens with zero attached hydrogens (tertiary/aromatic N) is 2. The van der Waals surface area contributed by atoms with Crippen LogP contribution < -0.4 is 0 Å². The van der Waals surface area contributed by atoms with Gasteiger partial charge in [-0.25, -0.2) is 4.79 Å². The first-order valence-corrected chi connectivity index (χ1v) is 2.72. The summed E-state index contributed by atoms with van der Waals surface area (Å²) in [7, 11) is 0. The highest BCUT2D eigenvalue weighted by molar-refractivity contribution is 5.75. The zero-order valence-electron chi connectivity index (χ0n) is 5.32. The average molecular weight is 139 g/mol. The van der Waals surface area contributed by atoms with Gasteiger partial charge < -0.3 is 5.11 Å². The fourth-order valence-corrected chi connectivity index (χ4v) is 0.463. The molecule has 0 radical (unpaired) electrons. The lowest BCUT2D eigenvalue weighted by Gasteiger charge is -1.88. The number of hydrogen-bond donors (Lipinski definition) is 1. The van der Waals surface area contributed by atoms with Crippen LogP contribution in [0.15, 0.2) is 0 Å². The molecule has 0 bridgehead atoms. The van der Waals surface area contributed by atoms with E-state index in [0.717, 1.165) is 0 Å². The Morgan fingerprint density at radius 1 is 1.90 bits per heavy atom. The van der Waals surface area contributed by atoms with Crippen LogP contribution in [0.3, 0.4) is 0 Å². The highest BCUT2D eigenvalue weighted by Crippen LogP contribution is 2.00. The van der Waals surface area contributed by atoms with Crippen molar-refractivity contribution in [3.05, 3.63) is 4.85 Å². The normalized spacial score (nSPS) is 11.0. The fraction of sp³-hybridized carbons (Fsp3) is 0.500. The van der Waals surface area contributed by atoms with Crippen LogP contribution in [0.2, 0.25) is 0 Å². The molecule has 0 aromatic rings. The van der Waals surface area contributed by atoms with Crippen LogP contribution in [0, 0.1) is 17.9 Å². The second kappa shape index (κ2) is 4.34. The van der Waals surface area contributed by atoms with Crippen molar-refractivity contribution in [3.63, 3.8) is 0 Å². The Balaban J connectivity index is 3.78. The third-order valence-electron chi connectivity index (χ3n) is 0.995. The standard InChI is InChI=1S/C6H6N2O2/c1-8-5(6(9)10)3-2-4-7/h1,5H,2-3H2/p+1. The highest BCUT2D eigenvalue weighted by atomic mass is 16.4. The molecule has 0 amide bonds. The summed E-state index contributed by atoms with van der Waals surface area (Å²) >= 11 is 0. The number of rotatable bonds is 3. The molecular formula is C6H7N2O2+. The molecule has 0 fully saturated rings. The third-order valence-corrected chi connectivity index (χ3v) is 0.995. The first-order chi connectivity index (χ1) is 4.72. The van der Waals surface area contributed by atoms with Crippen LogP contribution in [0.1, 0.15) is 12.8 Å². The van der Waals surface area contributed by atoms with Crippen LogP contribution in [0.4, 0.5) is 0 Å². The molecule has 0 aliphatic rings. The maximum Gasteiger partial charge on any atom is 0.392 e. The van der Waals surface area contributed by atoms with E-state index in [1.165, 1.54) is 0 Å². The minimum Gasteiger partial charge on any atom is -0.475 e. The summed E-state index contributed by atoms with van der Waals surface area (Å²) in [6, 6.07) is 0.878. The summed E-state index contributed by atoms with van der Waals surface area (Å²) < 4.78 is 0. The van der Waals surface area contributed by atoms with E-state index in [-0.39, 0.29) is 12.8 Å². The lowest BCUT2D eigenvalue weighted by atomic mass is 10.2. The van der Waals surface area contributed by atoms with Crippen LogP contribution in [-0.2, 0) is 4.79 Å². The molecule has 0 rings (SSSR count). The average Bonchev–Trinajstić information content (AvgIpc) is 1.89. The molecule has 52 valence electrons. The lowest BCUT2D eigenvalue weighted by Crippen LogP contribution is -2.15. The monoisotopic (exact) mass is 139 g/mol. The fourth-order valence-electron chi connectivity index (χ4n) is 0.463. The lowest BCUT2D eigenvalue weighted by molar-refractivity contribution is -0.137. The largest absolute Gasteiger partial charge is 0.475 e. The zero-order valence-corrected chi connectivity index (χ0v) is 5.32. The maximum absolute atomic E-state index is 10.2. The Labute approximate surface area is 58.5 Å². The minimum atomic E-state index is -1.09.